The number of carbonyl (C=O) groups is 2. The quantitative estimate of drug-likeness (QED) is 0.227. The normalized spacial score (nSPS) is 10.3. The molecule has 0 atom stereocenters. The molecule has 0 saturated carbocycles. The van der Waals surface area contributed by atoms with Crippen molar-refractivity contribution in [3.8, 4) is 0 Å². The van der Waals surface area contributed by atoms with Crippen LogP contribution in [0.3, 0.4) is 0 Å². The number of aromatic amines is 1. The minimum absolute atomic E-state index is 0.0415. The molecule has 21 heavy (non-hydrogen) atoms. The molecule has 6 N–H and O–H groups in total. The highest BCUT2D eigenvalue weighted by atomic mass is 16.2. The van der Waals surface area contributed by atoms with Gasteiger partial charge in [-0.1, -0.05) is 0 Å². The number of fused-ring (bicyclic) bond motifs is 1. The molecule has 1 amide bonds. The number of nitrogens with two attached hydrogens (primary N) is 2. The maximum absolute atomic E-state index is 11.8. The summed E-state index contributed by atoms with van der Waals surface area (Å²) in [4.78, 5) is 41.7. The predicted octanol–water partition coefficient (Wildman–Crippen LogP) is -1.09. The van der Waals surface area contributed by atoms with E-state index < -0.39 is 11.7 Å². The van der Waals surface area contributed by atoms with E-state index in [0.29, 0.717) is 24.1 Å². The van der Waals surface area contributed by atoms with E-state index in [1.165, 1.54) is 12.7 Å². The molecule has 0 saturated heterocycles. The molecule has 0 aliphatic heterocycles. The highest BCUT2D eigenvalue weighted by Crippen LogP contribution is 2.14. The molecule has 10 heteroatoms. The predicted molar refractivity (Wildman–Crippen MR) is 75.2 cm³/mol. The molecule has 2 aromatic heterocycles. The lowest BCUT2D eigenvalue weighted by molar-refractivity contribution is -0.134. The molecular formula is C11H14N8O2. The van der Waals surface area contributed by atoms with Gasteiger partial charge in [-0.2, -0.15) is 0 Å². The smallest absolute Gasteiger partial charge is 0.292 e. The molecule has 2 rings (SSSR count). The summed E-state index contributed by atoms with van der Waals surface area (Å²) < 4.78 is 0. The van der Waals surface area contributed by atoms with Gasteiger partial charge in [-0.3, -0.25) is 14.6 Å². The number of ketones is 1. The third-order valence-electron chi connectivity index (χ3n) is 2.56. The van der Waals surface area contributed by atoms with E-state index in [4.69, 9.17) is 11.5 Å². The molecular weight excluding hydrogens is 276 g/mol. The Morgan fingerprint density at radius 1 is 1.29 bits per heavy atom. The Hall–Kier alpha value is -3.04. The summed E-state index contributed by atoms with van der Waals surface area (Å²) in [7, 11) is 0. The van der Waals surface area contributed by atoms with Gasteiger partial charge in [0.1, 0.15) is 11.8 Å². The van der Waals surface area contributed by atoms with Gasteiger partial charge in [0.05, 0.1) is 6.33 Å². The molecule has 0 spiro atoms. The van der Waals surface area contributed by atoms with Crippen molar-refractivity contribution >= 4 is 34.6 Å². The van der Waals surface area contributed by atoms with Crippen LogP contribution in [0.5, 0.6) is 0 Å². The average molecular weight is 290 g/mol. The van der Waals surface area contributed by atoms with Crippen molar-refractivity contribution in [2.24, 2.45) is 16.5 Å². The standard InChI is InChI=1S/C11H14N8O2/c12-11(13)14-3-1-2-6(20)10(21)19-9-7-8(16-4-15-7)17-5-18-9/h4-5H,1-3H2,(H4,12,13,14)(H2,15,16,17,18,19,21). The van der Waals surface area contributed by atoms with Gasteiger partial charge in [0.25, 0.3) is 5.91 Å². The molecule has 0 unspecified atom stereocenters. The summed E-state index contributed by atoms with van der Waals surface area (Å²) in [6, 6.07) is 0. The van der Waals surface area contributed by atoms with Crippen LogP contribution in [0.1, 0.15) is 12.8 Å². The van der Waals surface area contributed by atoms with Gasteiger partial charge >= 0.3 is 0 Å². The largest absolute Gasteiger partial charge is 0.370 e. The van der Waals surface area contributed by atoms with Crippen LogP contribution < -0.4 is 16.8 Å². The zero-order valence-corrected chi connectivity index (χ0v) is 11.0. The maximum atomic E-state index is 11.8. The maximum Gasteiger partial charge on any atom is 0.292 e. The van der Waals surface area contributed by atoms with Gasteiger partial charge in [0, 0.05) is 13.0 Å². The number of hydrogen-bond acceptors (Lipinski definition) is 6. The molecule has 2 heterocycles. The fraction of sp³-hybridized carbons (Fsp3) is 0.273. The Labute approximate surface area is 119 Å². The summed E-state index contributed by atoms with van der Waals surface area (Å²) in [5, 5.41) is 2.42. The second kappa shape index (κ2) is 6.41. The number of Topliss-reactive ketones (excluding diaryl/α,β-unsaturated/α-hetero) is 1. The molecule has 2 aromatic rings. The fourth-order valence-corrected chi connectivity index (χ4v) is 1.60. The number of anilines is 1. The van der Waals surface area contributed by atoms with E-state index in [9.17, 15) is 9.59 Å². The molecule has 0 radical (unpaired) electrons. The number of carbonyl (C=O) groups excluding carboxylic acids is 2. The second-order valence-electron chi connectivity index (χ2n) is 4.11. The van der Waals surface area contributed by atoms with Crippen molar-refractivity contribution in [3.05, 3.63) is 12.7 Å². The monoisotopic (exact) mass is 290 g/mol. The van der Waals surface area contributed by atoms with Crippen LogP contribution >= 0.6 is 0 Å². The summed E-state index contributed by atoms with van der Waals surface area (Å²) in [6.07, 6.45) is 3.10. The first-order valence-electron chi connectivity index (χ1n) is 6.11. The van der Waals surface area contributed by atoms with Gasteiger partial charge in [-0.25, -0.2) is 15.0 Å². The first kappa shape index (κ1) is 14.4. The molecule has 0 aliphatic carbocycles. The third kappa shape index (κ3) is 3.72. The van der Waals surface area contributed by atoms with E-state index in [2.05, 4.69) is 30.2 Å². The molecule has 0 aliphatic rings. The van der Waals surface area contributed by atoms with Gasteiger partial charge in [0.2, 0.25) is 5.78 Å². The van der Waals surface area contributed by atoms with Crippen LogP contribution in [-0.4, -0.2) is 44.1 Å². The highest BCUT2D eigenvalue weighted by molar-refractivity contribution is 6.40. The number of guanidine groups is 1. The van der Waals surface area contributed by atoms with Crippen molar-refractivity contribution in [3.63, 3.8) is 0 Å². The SMILES string of the molecule is NC(N)=NCCCC(=O)C(=O)Nc1ncnc2nc[nH]c12. The third-order valence-corrected chi connectivity index (χ3v) is 2.56. The van der Waals surface area contributed by atoms with Gasteiger partial charge in [-0.15, -0.1) is 0 Å². The first-order valence-corrected chi connectivity index (χ1v) is 6.11. The van der Waals surface area contributed by atoms with Gasteiger partial charge in [0.15, 0.2) is 17.4 Å². The topological polar surface area (TPSA) is 165 Å². The summed E-state index contributed by atoms with van der Waals surface area (Å²) >= 11 is 0. The molecule has 0 fully saturated rings. The van der Waals surface area contributed by atoms with E-state index in [0.717, 1.165) is 0 Å². The van der Waals surface area contributed by atoms with Gasteiger partial charge in [-0.05, 0) is 6.42 Å². The molecule has 10 nitrogen and oxygen atoms in total. The Balaban J connectivity index is 1.93. The zero-order valence-electron chi connectivity index (χ0n) is 11.0. The van der Waals surface area contributed by atoms with Crippen molar-refractivity contribution in [1.82, 2.24) is 19.9 Å². The lowest BCUT2D eigenvalue weighted by atomic mass is 10.2. The van der Waals surface area contributed by atoms with E-state index >= 15 is 0 Å². The van der Waals surface area contributed by atoms with Gasteiger partial charge < -0.3 is 21.8 Å². The Bertz CT molecular complexity index is 688. The fourth-order valence-electron chi connectivity index (χ4n) is 1.60. The molecule has 110 valence electrons. The number of imidazole rings is 1. The minimum atomic E-state index is -0.755. The Kier molecular flexibility index (Phi) is 4.39. The first-order chi connectivity index (χ1) is 10.1. The number of rotatable bonds is 6. The molecule has 0 aromatic carbocycles. The minimum Gasteiger partial charge on any atom is -0.370 e. The zero-order chi connectivity index (χ0) is 15.2. The number of hydrogen-bond donors (Lipinski definition) is 4. The summed E-state index contributed by atoms with van der Waals surface area (Å²) in [6.45, 7) is 0.291. The molecule has 0 bridgehead atoms. The lowest BCUT2D eigenvalue weighted by Crippen LogP contribution is -2.24. The van der Waals surface area contributed by atoms with Crippen LogP contribution in [0.25, 0.3) is 11.2 Å². The average Bonchev–Trinajstić information content (AvgIpc) is 2.92. The van der Waals surface area contributed by atoms with Crippen LogP contribution in [0.4, 0.5) is 5.82 Å². The van der Waals surface area contributed by atoms with E-state index in [-0.39, 0.29) is 18.2 Å². The van der Waals surface area contributed by atoms with Crippen LogP contribution in [0, 0.1) is 0 Å². The lowest BCUT2D eigenvalue weighted by Gasteiger charge is -2.03. The number of H-pyrrole nitrogens is 1. The van der Waals surface area contributed by atoms with E-state index in [1.54, 1.807) is 0 Å². The van der Waals surface area contributed by atoms with E-state index in [1.807, 2.05) is 0 Å². The number of aromatic nitrogens is 4. The van der Waals surface area contributed by atoms with Crippen molar-refractivity contribution in [1.29, 1.82) is 0 Å². The Morgan fingerprint density at radius 3 is 2.86 bits per heavy atom. The van der Waals surface area contributed by atoms with Crippen LogP contribution in [-0.2, 0) is 9.59 Å². The van der Waals surface area contributed by atoms with Crippen LogP contribution in [0.2, 0.25) is 0 Å². The van der Waals surface area contributed by atoms with Crippen molar-refractivity contribution < 1.29 is 9.59 Å². The van der Waals surface area contributed by atoms with Crippen LogP contribution in [0.15, 0.2) is 17.6 Å². The number of nitrogens with zero attached hydrogens (tertiary/aromatic N) is 4. The van der Waals surface area contributed by atoms with Crippen molar-refractivity contribution in [2.75, 3.05) is 11.9 Å². The second-order valence-corrected chi connectivity index (χ2v) is 4.11. The number of nitrogens with one attached hydrogen (secondary N) is 2. The van der Waals surface area contributed by atoms with Crippen molar-refractivity contribution in [2.45, 2.75) is 12.8 Å². The summed E-state index contributed by atoms with van der Waals surface area (Å²) in [5.74, 6) is -1.17. The summed E-state index contributed by atoms with van der Waals surface area (Å²) in [5.41, 5.74) is 11.2. The number of aliphatic imine (C=N–C) groups is 1. The number of amides is 1. The Morgan fingerprint density at radius 2 is 2.10 bits per heavy atom. The highest BCUT2D eigenvalue weighted by Gasteiger charge is 2.16.